The van der Waals surface area contributed by atoms with E-state index in [1.165, 1.54) is 11.8 Å². The Kier molecular flexibility index (Phi) is 6.01. The second-order valence-corrected chi connectivity index (χ2v) is 7.64. The summed E-state index contributed by atoms with van der Waals surface area (Å²) in [5.41, 5.74) is 3.03. The second-order valence-electron chi connectivity index (χ2n) is 5.93. The van der Waals surface area contributed by atoms with Crippen LogP contribution >= 0.6 is 23.4 Å². The number of imidazole rings is 1. The Labute approximate surface area is 162 Å². The zero-order chi connectivity index (χ0) is 18.5. The van der Waals surface area contributed by atoms with Crippen molar-refractivity contribution in [3.05, 3.63) is 77.1 Å². The van der Waals surface area contributed by atoms with Crippen molar-refractivity contribution in [3.63, 3.8) is 0 Å². The van der Waals surface area contributed by atoms with E-state index in [-0.39, 0.29) is 11.2 Å². The number of nitrogens with zero attached hydrogens (tertiary/aromatic N) is 2. The Bertz CT molecular complexity index is 895. The van der Waals surface area contributed by atoms with Gasteiger partial charge in [0.15, 0.2) is 5.16 Å². The number of halogens is 1. The topological polar surface area (TPSA) is 46.9 Å². The van der Waals surface area contributed by atoms with Gasteiger partial charge in [-0.25, -0.2) is 4.98 Å². The highest BCUT2D eigenvalue weighted by Crippen LogP contribution is 2.28. The Morgan fingerprint density at radius 2 is 2.00 bits per heavy atom. The van der Waals surface area contributed by atoms with Crippen LogP contribution in [0.2, 0.25) is 5.02 Å². The third-order valence-corrected chi connectivity index (χ3v) is 5.56. The molecule has 3 rings (SSSR count). The molecule has 3 aromatic rings. The largest absolute Gasteiger partial charge is 0.351 e. The molecule has 1 atom stereocenters. The van der Waals surface area contributed by atoms with Crippen molar-refractivity contribution in [1.82, 2.24) is 14.9 Å². The van der Waals surface area contributed by atoms with Gasteiger partial charge in [-0.15, -0.1) is 0 Å². The summed E-state index contributed by atoms with van der Waals surface area (Å²) in [5, 5.41) is 4.18. The molecule has 4 nitrogen and oxygen atoms in total. The second kappa shape index (κ2) is 8.43. The van der Waals surface area contributed by atoms with Gasteiger partial charge in [0, 0.05) is 24.0 Å². The van der Waals surface area contributed by atoms with Crippen LogP contribution in [0.4, 0.5) is 0 Å². The molecule has 134 valence electrons. The Hall–Kier alpha value is -2.24. The predicted octanol–water partition coefficient (Wildman–Crippen LogP) is 4.63. The molecule has 0 aliphatic heterocycles. The molecule has 1 aromatic heterocycles. The van der Waals surface area contributed by atoms with Crippen LogP contribution in [-0.2, 0) is 11.3 Å². The summed E-state index contributed by atoms with van der Waals surface area (Å²) in [6.45, 7) is 4.38. The van der Waals surface area contributed by atoms with E-state index in [0.29, 0.717) is 11.6 Å². The normalized spacial score (nSPS) is 12.0. The van der Waals surface area contributed by atoms with Gasteiger partial charge in [-0.2, -0.15) is 0 Å². The highest BCUT2D eigenvalue weighted by molar-refractivity contribution is 8.00. The number of benzene rings is 2. The molecule has 1 amide bonds. The summed E-state index contributed by atoms with van der Waals surface area (Å²) in [6, 6.07) is 15.6. The molecular weight excluding hydrogens is 366 g/mol. The van der Waals surface area contributed by atoms with Gasteiger partial charge >= 0.3 is 0 Å². The van der Waals surface area contributed by atoms with Crippen molar-refractivity contribution in [3.8, 4) is 5.69 Å². The summed E-state index contributed by atoms with van der Waals surface area (Å²) < 4.78 is 1.97. The smallest absolute Gasteiger partial charge is 0.233 e. The predicted molar refractivity (Wildman–Crippen MR) is 107 cm³/mol. The fourth-order valence-electron chi connectivity index (χ4n) is 2.56. The molecule has 1 unspecified atom stereocenters. The van der Waals surface area contributed by atoms with Crippen molar-refractivity contribution in [2.24, 2.45) is 0 Å². The van der Waals surface area contributed by atoms with Gasteiger partial charge in [0.1, 0.15) is 0 Å². The molecule has 1 heterocycles. The first-order valence-corrected chi connectivity index (χ1v) is 9.59. The molecule has 26 heavy (non-hydrogen) atoms. The minimum absolute atomic E-state index is 0.0174. The molecule has 0 bridgehead atoms. The van der Waals surface area contributed by atoms with Crippen LogP contribution in [-0.4, -0.2) is 20.7 Å². The van der Waals surface area contributed by atoms with Crippen LogP contribution in [0.25, 0.3) is 5.69 Å². The van der Waals surface area contributed by atoms with E-state index in [0.717, 1.165) is 22.0 Å². The molecular formula is C20H20ClN3OS. The molecule has 0 aliphatic carbocycles. The van der Waals surface area contributed by atoms with Gasteiger partial charge in [-0.1, -0.05) is 59.8 Å². The average Bonchev–Trinajstić information content (AvgIpc) is 3.10. The van der Waals surface area contributed by atoms with Gasteiger partial charge < -0.3 is 5.32 Å². The van der Waals surface area contributed by atoms with Crippen LogP contribution in [0.15, 0.2) is 66.1 Å². The van der Waals surface area contributed by atoms with E-state index in [1.807, 2.05) is 73.1 Å². The quantitative estimate of drug-likeness (QED) is 0.629. The number of amides is 1. The first kappa shape index (κ1) is 18.5. The SMILES string of the molecule is Cc1c(Cl)cccc1-n1ccnc1SC(C)C(=O)NCc1ccccc1. The summed E-state index contributed by atoms with van der Waals surface area (Å²) in [6.07, 6.45) is 3.62. The van der Waals surface area contributed by atoms with Crippen molar-refractivity contribution in [1.29, 1.82) is 0 Å². The van der Waals surface area contributed by atoms with E-state index in [1.54, 1.807) is 6.20 Å². The lowest BCUT2D eigenvalue weighted by Crippen LogP contribution is -2.30. The van der Waals surface area contributed by atoms with E-state index >= 15 is 0 Å². The van der Waals surface area contributed by atoms with Crippen LogP contribution in [0.3, 0.4) is 0 Å². The fraction of sp³-hybridized carbons (Fsp3) is 0.200. The zero-order valence-corrected chi connectivity index (χ0v) is 16.2. The maximum absolute atomic E-state index is 12.4. The summed E-state index contributed by atoms with van der Waals surface area (Å²) in [7, 11) is 0. The first-order chi connectivity index (χ1) is 12.6. The molecule has 0 radical (unpaired) electrons. The molecule has 1 N–H and O–H groups in total. The highest BCUT2D eigenvalue weighted by atomic mass is 35.5. The van der Waals surface area contributed by atoms with Crippen LogP contribution in [0.5, 0.6) is 0 Å². The molecule has 0 aliphatic rings. The summed E-state index contributed by atoms with van der Waals surface area (Å²) in [4.78, 5) is 16.8. The molecule has 2 aromatic carbocycles. The van der Waals surface area contributed by atoms with E-state index in [4.69, 9.17) is 11.6 Å². The molecule has 0 spiro atoms. The lowest BCUT2D eigenvalue weighted by Gasteiger charge is -2.15. The summed E-state index contributed by atoms with van der Waals surface area (Å²) in [5.74, 6) is -0.0174. The number of thioether (sulfide) groups is 1. The summed E-state index contributed by atoms with van der Waals surface area (Å²) >= 11 is 7.66. The monoisotopic (exact) mass is 385 g/mol. The molecule has 0 saturated heterocycles. The number of carbonyl (C=O) groups is 1. The minimum Gasteiger partial charge on any atom is -0.351 e. The lowest BCUT2D eigenvalue weighted by atomic mass is 10.2. The van der Waals surface area contributed by atoms with Gasteiger partial charge in [0.2, 0.25) is 5.91 Å². The van der Waals surface area contributed by atoms with E-state index in [9.17, 15) is 4.79 Å². The minimum atomic E-state index is -0.264. The first-order valence-electron chi connectivity index (χ1n) is 8.33. The van der Waals surface area contributed by atoms with Gasteiger partial charge in [0.25, 0.3) is 0 Å². The van der Waals surface area contributed by atoms with Crippen molar-refractivity contribution in [2.75, 3.05) is 0 Å². The molecule has 6 heteroatoms. The number of nitrogens with one attached hydrogen (secondary N) is 1. The third-order valence-electron chi connectivity index (χ3n) is 4.07. The van der Waals surface area contributed by atoms with Crippen LogP contribution in [0.1, 0.15) is 18.1 Å². The fourth-order valence-corrected chi connectivity index (χ4v) is 3.63. The van der Waals surface area contributed by atoms with Crippen molar-refractivity contribution < 1.29 is 4.79 Å². The highest BCUT2D eigenvalue weighted by Gasteiger charge is 2.18. The van der Waals surface area contributed by atoms with Crippen LogP contribution in [0, 0.1) is 6.92 Å². The molecule has 0 saturated carbocycles. The maximum Gasteiger partial charge on any atom is 0.233 e. The van der Waals surface area contributed by atoms with Crippen LogP contribution < -0.4 is 5.32 Å². The standard InChI is InChI=1S/C20H20ClN3OS/c1-14-17(21)9-6-10-18(14)24-12-11-22-20(24)26-15(2)19(25)23-13-16-7-4-3-5-8-16/h3-12,15H,13H2,1-2H3,(H,23,25). The van der Waals surface area contributed by atoms with Gasteiger partial charge in [-0.3, -0.25) is 9.36 Å². The average molecular weight is 386 g/mol. The van der Waals surface area contributed by atoms with Crippen molar-refractivity contribution >= 4 is 29.3 Å². The number of rotatable bonds is 6. The Morgan fingerprint density at radius 1 is 1.23 bits per heavy atom. The Balaban J connectivity index is 1.68. The third kappa shape index (κ3) is 4.29. The zero-order valence-electron chi connectivity index (χ0n) is 14.6. The number of carbonyl (C=O) groups excluding carboxylic acids is 1. The Morgan fingerprint density at radius 3 is 2.77 bits per heavy atom. The van der Waals surface area contributed by atoms with E-state index < -0.39 is 0 Å². The number of hydrogen-bond donors (Lipinski definition) is 1. The molecule has 0 fully saturated rings. The van der Waals surface area contributed by atoms with Gasteiger partial charge in [-0.05, 0) is 37.1 Å². The van der Waals surface area contributed by atoms with Gasteiger partial charge in [0.05, 0.1) is 10.9 Å². The lowest BCUT2D eigenvalue weighted by molar-refractivity contribution is -0.120. The number of aromatic nitrogens is 2. The maximum atomic E-state index is 12.4. The van der Waals surface area contributed by atoms with Crippen molar-refractivity contribution in [2.45, 2.75) is 30.8 Å². The van der Waals surface area contributed by atoms with E-state index in [2.05, 4.69) is 10.3 Å². The number of hydrogen-bond acceptors (Lipinski definition) is 3.